The van der Waals surface area contributed by atoms with E-state index in [4.69, 9.17) is 11.6 Å². The lowest BCUT2D eigenvalue weighted by molar-refractivity contribution is -0.132. The van der Waals surface area contributed by atoms with Crippen molar-refractivity contribution >= 4 is 17.5 Å². The maximum atomic E-state index is 12.3. The van der Waals surface area contributed by atoms with Gasteiger partial charge in [0.05, 0.1) is 6.42 Å². The minimum Gasteiger partial charge on any atom is -0.340 e. The highest BCUT2D eigenvalue weighted by Gasteiger charge is 2.32. The van der Waals surface area contributed by atoms with Gasteiger partial charge < -0.3 is 4.90 Å². The van der Waals surface area contributed by atoms with Gasteiger partial charge in [-0.1, -0.05) is 29.8 Å². The molecule has 4 heteroatoms. The molecule has 0 spiro atoms. The van der Waals surface area contributed by atoms with Gasteiger partial charge in [-0.3, -0.25) is 9.69 Å². The van der Waals surface area contributed by atoms with E-state index < -0.39 is 0 Å². The molecule has 1 saturated carbocycles. The van der Waals surface area contributed by atoms with Crippen molar-refractivity contribution in [3.05, 3.63) is 34.9 Å². The molecule has 102 valence electrons. The summed E-state index contributed by atoms with van der Waals surface area (Å²) < 4.78 is 0. The molecule has 3 nitrogen and oxygen atoms in total. The normalized spacial score (nSPS) is 20.6. The molecule has 2 fully saturated rings. The highest BCUT2D eigenvalue weighted by atomic mass is 35.5. The maximum absolute atomic E-state index is 12.3. The zero-order chi connectivity index (χ0) is 13.2. The van der Waals surface area contributed by atoms with E-state index >= 15 is 0 Å². The Morgan fingerprint density at radius 1 is 1.16 bits per heavy atom. The van der Waals surface area contributed by atoms with Gasteiger partial charge in [0, 0.05) is 37.2 Å². The van der Waals surface area contributed by atoms with Crippen LogP contribution in [-0.2, 0) is 11.2 Å². The van der Waals surface area contributed by atoms with E-state index in [0.29, 0.717) is 11.4 Å². The largest absolute Gasteiger partial charge is 0.340 e. The molecule has 1 aliphatic carbocycles. The van der Waals surface area contributed by atoms with Crippen LogP contribution in [0.4, 0.5) is 0 Å². The molecule has 1 amide bonds. The SMILES string of the molecule is O=C(Cc1ccccc1Cl)N1CCN(C2CC2)CC1. The summed E-state index contributed by atoms with van der Waals surface area (Å²) in [4.78, 5) is 16.7. The first kappa shape index (κ1) is 12.9. The second-order valence-corrected chi connectivity index (χ2v) is 5.82. The lowest BCUT2D eigenvalue weighted by Gasteiger charge is -2.35. The summed E-state index contributed by atoms with van der Waals surface area (Å²) in [6, 6.07) is 8.40. The Bertz CT molecular complexity index is 465. The molecule has 1 aliphatic heterocycles. The number of rotatable bonds is 3. The fourth-order valence-electron chi connectivity index (χ4n) is 2.69. The third kappa shape index (κ3) is 3.10. The maximum Gasteiger partial charge on any atom is 0.227 e. The first-order valence-corrected chi connectivity index (χ1v) is 7.37. The minimum atomic E-state index is 0.198. The van der Waals surface area contributed by atoms with Crippen molar-refractivity contribution in [2.75, 3.05) is 26.2 Å². The van der Waals surface area contributed by atoms with Crippen molar-refractivity contribution in [3.63, 3.8) is 0 Å². The second kappa shape index (κ2) is 5.51. The van der Waals surface area contributed by atoms with Crippen LogP contribution in [0.1, 0.15) is 18.4 Å². The third-order valence-electron chi connectivity index (χ3n) is 4.03. The number of hydrogen-bond donors (Lipinski definition) is 0. The average molecular weight is 279 g/mol. The van der Waals surface area contributed by atoms with Crippen LogP contribution in [0, 0.1) is 0 Å². The smallest absolute Gasteiger partial charge is 0.227 e. The van der Waals surface area contributed by atoms with E-state index in [1.54, 1.807) is 0 Å². The van der Waals surface area contributed by atoms with E-state index in [9.17, 15) is 4.79 Å². The fraction of sp³-hybridized carbons (Fsp3) is 0.533. The second-order valence-electron chi connectivity index (χ2n) is 5.42. The Kier molecular flexibility index (Phi) is 3.76. The Hall–Kier alpha value is -1.06. The van der Waals surface area contributed by atoms with Gasteiger partial charge in [-0.2, -0.15) is 0 Å². The van der Waals surface area contributed by atoms with Crippen LogP contribution in [0.5, 0.6) is 0 Å². The van der Waals surface area contributed by atoms with Crippen molar-refractivity contribution in [3.8, 4) is 0 Å². The lowest BCUT2D eigenvalue weighted by atomic mass is 10.1. The van der Waals surface area contributed by atoms with Crippen LogP contribution in [-0.4, -0.2) is 47.9 Å². The molecule has 0 N–H and O–H groups in total. The van der Waals surface area contributed by atoms with Gasteiger partial charge in [0.15, 0.2) is 0 Å². The highest BCUT2D eigenvalue weighted by molar-refractivity contribution is 6.31. The number of nitrogens with zero attached hydrogens (tertiary/aromatic N) is 2. The molecule has 2 aliphatic rings. The molecule has 0 bridgehead atoms. The number of benzene rings is 1. The number of halogens is 1. The number of carbonyl (C=O) groups excluding carboxylic acids is 1. The van der Waals surface area contributed by atoms with Crippen molar-refractivity contribution in [1.29, 1.82) is 0 Å². The molecule has 19 heavy (non-hydrogen) atoms. The molecular weight excluding hydrogens is 260 g/mol. The van der Waals surface area contributed by atoms with Gasteiger partial charge >= 0.3 is 0 Å². The third-order valence-corrected chi connectivity index (χ3v) is 4.40. The first-order chi connectivity index (χ1) is 9.24. The predicted octanol–water partition coefficient (Wildman–Crippen LogP) is 2.19. The molecule has 1 aromatic carbocycles. The molecule has 0 unspecified atom stereocenters. The van der Waals surface area contributed by atoms with E-state index in [-0.39, 0.29) is 5.91 Å². The number of amides is 1. The summed E-state index contributed by atoms with van der Waals surface area (Å²) in [6.07, 6.45) is 3.10. The fourth-order valence-corrected chi connectivity index (χ4v) is 2.90. The minimum absolute atomic E-state index is 0.198. The van der Waals surface area contributed by atoms with Crippen molar-refractivity contribution in [2.24, 2.45) is 0 Å². The molecule has 0 radical (unpaired) electrons. The van der Waals surface area contributed by atoms with Crippen LogP contribution in [0.25, 0.3) is 0 Å². The molecule has 1 aromatic rings. The standard InChI is InChI=1S/C15H19ClN2O/c16-14-4-2-1-3-12(14)11-15(19)18-9-7-17(8-10-18)13-5-6-13/h1-4,13H,5-11H2. The molecular formula is C15H19ClN2O. The molecule has 0 atom stereocenters. The zero-order valence-corrected chi connectivity index (χ0v) is 11.8. The van der Waals surface area contributed by atoms with Crippen molar-refractivity contribution in [2.45, 2.75) is 25.3 Å². The number of carbonyl (C=O) groups is 1. The van der Waals surface area contributed by atoms with Crippen LogP contribution < -0.4 is 0 Å². The van der Waals surface area contributed by atoms with Gasteiger partial charge in [0.2, 0.25) is 5.91 Å². The summed E-state index contributed by atoms with van der Waals surface area (Å²) in [5, 5.41) is 0.687. The van der Waals surface area contributed by atoms with Gasteiger partial charge in [0.1, 0.15) is 0 Å². The Balaban J connectivity index is 1.55. The number of piperazine rings is 1. The predicted molar refractivity (Wildman–Crippen MR) is 76.3 cm³/mol. The molecule has 3 rings (SSSR count). The van der Waals surface area contributed by atoms with E-state index in [1.165, 1.54) is 12.8 Å². The van der Waals surface area contributed by atoms with Gasteiger partial charge in [-0.25, -0.2) is 0 Å². The molecule has 1 saturated heterocycles. The molecule has 1 heterocycles. The van der Waals surface area contributed by atoms with Crippen LogP contribution in [0.2, 0.25) is 5.02 Å². The monoisotopic (exact) mass is 278 g/mol. The average Bonchev–Trinajstić information content (AvgIpc) is 3.26. The quantitative estimate of drug-likeness (QED) is 0.846. The summed E-state index contributed by atoms with van der Waals surface area (Å²) in [5.41, 5.74) is 0.929. The van der Waals surface area contributed by atoms with Crippen LogP contribution in [0.3, 0.4) is 0 Å². The van der Waals surface area contributed by atoms with Gasteiger partial charge in [-0.15, -0.1) is 0 Å². The highest BCUT2D eigenvalue weighted by Crippen LogP contribution is 2.27. The summed E-state index contributed by atoms with van der Waals surface area (Å²) >= 11 is 6.10. The summed E-state index contributed by atoms with van der Waals surface area (Å²) in [5.74, 6) is 0.198. The Labute approximate surface area is 119 Å². The molecule has 0 aromatic heterocycles. The number of hydrogen-bond acceptors (Lipinski definition) is 2. The van der Waals surface area contributed by atoms with E-state index in [2.05, 4.69) is 4.90 Å². The first-order valence-electron chi connectivity index (χ1n) is 6.99. The lowest BCUT2D eigenvalue weighted by Crippen LogP contribution is -2.49. The van der Waals surface area contributed by atoms with Crippen LogP contribution in [0.15, 0.2) is 24.3 Å². The van der Waals surface area contributed by atoms with Gasteiger partial charge in [0.25, 0.3) is 0 Å². The van der Waals surface area contributed by atoms with Gasteiger partial charge in [-0.05, 0) is 24.5 Å². The zero-order valence-electron chi connectivity index (χ0n) is 11.0. The van der Waals surface area contributed by atoms with Crippen LogP contribution >= 0.6 is 11.6 Å². The van der Waals surface area contributed by atoms with Crippen molar-refractivity contribution in [1.82, 2.24) is 9.80 Å². The van der Waals surface area contributed by atoms with Crippen molar-refractivity contribution < 1.29 is 4.79 Å². The topological polar surface area (TPSA) is 23.6 Å². The van der Waals surface area contributed by atoms with E-state index in [0.717, 1.165) is 37.8 Å². The Morgan fingerprint density at radius 3 is 2.47 bits per heavy atom. The summed E-state index contributed by atoms with van der Waals surface area (Å²) in [6.45, 7) is 3.78. The summed E-state index contributed by atoms with van der Waals surface area (Å²) in [7, 11) is 0. The Morgan fingerprint density at radius 2 is 1.84 bits per heavy atom. The van der Waals surface area contributed by atoms with E-state index in [1.807, 2.05) is 29.2 Å².